The van der Waals surface area contributed by atoms with Crippen molar-refractivity contribution in [1.82, 2.24) is 20.1 Å². The minimum Gasteiger partial charge on any atom is -0.508 e. The molecule has 0 bridgehead atoms. The Labute approximate surface area is 268 Å². The zero-order valence-corrected chi connectivity index (χ0v) is 24.7. The van der Waals surface area contributed by atoms with Gasteiger partial charge in [-0.3, -0.25) is 9.59 Å². The second kappa shape index (κ2) is 10.8. The molecule has 0 radical (unpaired) electrons. The highest BCUT2D eigenvalue weighted by atomic mass is 16.8. The van der Waals surface area contributed by atoms with Gasteiger partial charge in [0.25, 0.3) is 18.1 Å². The molecular weight excluding hydrogens is 628 g/mol. The van der Waals surface area contributed by atoms with Gasteiger partial charge >= 0.3 is 0 Å². The number of hydrogen-bond acceptors (Lipinski definition) is 12. The maximum atomic E-state index is 14.3. The van der Waals surface area contributed by atoms with Gasteiger partial charge in [-0.1, -0.05) is 12.1 Å². The molecule has 0 saturated carbocycles. The quantitative estimate of drug-likeness (QED) is 0.115. The first kappa shape index (κ1) is 29.9. The molecule has 2 aliphatic rings. The molecule has 6 aromatic rings. The molecule has 9 N–H and O–H groups in total. The summed E-state index contributed by atoms with van der Waals surface area (Å²) in [6.45, 7) is -0.638. The Kier molecular flexibility index (Phi) is 6.75. The van der Waals surface area contributed by atoms with Crippen molar-refractivity contribution in [2.45, 2.75) is 37.3 Å². The number of aromatic hydroxyl groups is 3. The third kappa shape index (κ3) is 4.30. The minimum atomic E-state index is -1.79. The van der Waals surface area contributed by atoms with Crippen LogP contribution in [0.25, 0.3) is 43.6 Å². The normalized spacial score (nSPS) is 22.8. The van der Waals surface area contributed by atoms with E-state index < -0.39 is 49.1 Å². The number of nitrogens with zero attached hydrogens (tertiary/aromatic N) is 2. The van der Waals surface area contributed by atoms with Crippen molar-refractivity contribution in [1.29, 1.82) is 0 Å². The van der Waals surface area contributed by atoms with Crippen molar-refractivity contribution in [3.05, 3.63) is 77.4 Å². The maximum Gasteiger partial charge on any atom is 0.276 e. The Morgan fingerprint density at radius 1 is 0.792 bits per heavy atom. The molecule has 4 aromatic carbocycles. The zero-order chi connectivity index (χ0) is 33.6. The first-order valence-electron chi connectivity index (χ1n) is 14.9. The van der Waals surface area contributed by atoms with Crippen molar-refractivity contribution in [2.75, 3.05) is 6.61 Å². The molecule has 15 nitrogen and oxygen atoms in total. The smallest absolute Gasteiger partial charge is 0.276 e. The summed E-state index contributed by atoms with van der Waals surface area (Å²) in [5.41, 5.74) is 4.76. The predicted molar refractivity (Wildman–Crippen MR) is 168 cm³/mol. The van der Waals surface area contributed by atoms with Crippen molar-refractivity contribution >= 4 is 55.4 Å². The molecule has 4 heterocycles. The fraction of sp³-hybridized carbons (Fsp3) is 0.212. The number of rotatable bonds is 6. The van der Waals surface area contributed by atoms with E-state index in [9.17, 15) is 45.3 Å². The fourth-order valence-corrected chi connectivity index (χ4v) is 6.64. The highest BCUT2D eigenvalue weighted by Gasteiger charge is 2.46. The predicted octanol–water partition coefficient (Wildman–Crippen LogP) is 1.08. The molecule has 5 atom stereocenters. The number of amides is 2. The molecule has 2 aromatic heterocycles. The number of aliphatic hydroxyl groups excluding tert-OH is 4. The number of ether oxygens (including phenoxy) is 1. The summed E-state index contributed by atoms with van der Waals surface area (Å²) >= 11 is 0. The number of imide groups is 1. The molecule has 48 heavy (non-hydrogen) atoms. The zero-order valence-electron chi connectivity index (χ0n) is 24.7. The highest BCUT2D eigenvalue weighted by molar-refractivity contribution is 6.39. The van der Waals surface area contributed by atoms with Gasteiger partial charge < -0.3 is 50.3 Å². The summed E-state index contributed by atoms with van der Waals surface area (Å²) < 4.78 is 6.83. The van der Waals surface area contributed by atoms with E-state index in [-0.39, 0.29) is 51.3 Å². The fourth-order valence-electron chi connectivity index (χ4n) is 6.64. The van der Waals surface area contributed by atoms with Crippen molar-refractivity contribution < 1.29 is 54.9 Å². The van der Waals surface area contributed by atoms with Crippen LogP contribution in [0, 0.1) is 0 Å². The third-order valence-corrected chi connectivity index (χ3v) is 8.95. The number of phenols is 3. The first-order valence-corrected chi connectivity index (χ1v) is 14.9. The van der Waals surface area contributed by atoms with Gasteiger partial charge in [-0.05, 0) is 42.0 Å². The van der Waals surface area contributed by atoms with Crippen LogP contribution in [0.5, 0.6) is 17.2 Å². The monoisotopic (exact) mass is 656 g/mol. The Hall–Kier alpha value is -5.42. The molecule has 0 aliphatic carbocycles. The lowest BCUT2D eigenvalue weighted by atomic mass is 9.96. The number of benzene rings is 4. The van der Waals surface area contributed by atoms with E-state index in [1.165, 1.54) is 47.2 Å². The van der Waals surface area contributed by atoms with Gasteiger partial charge in [0.05, 0.1) is 34.3 Å². The summed E-state index contributed by atoms with van der Waals surface area (Å²) in [7, 11) is 0. The Morgan fingerprint density at radius 3 is 2.15 bits per heavy atom. The molecule has 1 fully saturated rings. The summed E-state index contributed by atoms with van der Waals surface area (Å²) in [6.07, 6.45) is -8.14. The van der Waals surface area contributed by atoms with E-state index in [0.29, 0.717) is 32.8 Å². The Bertz CT molecular complexity index is 2300. The molecule has 0 unspecified atom stereocenters. The van der Waals surface area contributed by atoms with Crippen LogP contribution in [0.4, 0.5) is 0 Å². The number of phenolic OH excluding ortho intramolecular Hbond substituents is 3. The molecule has 0 spiro atoms. The average molecular weight is 657 g/mol. The van der Waals surface area contributed by atoms with Gasteiger partial charge in [-0.2, -0.15) is 4.73 Å². The number of aromatic nitrogens is 2. The second-order valence-corrected chi connectivity index (χ2v) is 11.8. The minimum absolute atomic E-state index is 0.0153. The van der Waals surface area contributed by atoms with Crippen LogP contribution in [0.1, 0.15) is 26.3 Å². The van der Waals surface area contributed by atoms with Crippen molar-refractivity contribution in [2.24, 2.45) is 0 Å². The largest absolute Gasteiger partial charge is 0.508 e. The van der Waals surface area contributed by atoms with Crippen LogP contribution in [-0.4, -0.2) is 99.6 Å². The number of nitrogens with one attached hydrogen (secondary N) is 2. The number of hydrogen-bond donors (Lipinski definition) is 9. The topological polar surface area (TPSA) is 230 Å². The highest BCUT2D eigenvalue weighted by Crippen LogP contribution is 2.45. The molecule has 8 rings (SSSR count). The number of aliphatic hydroxyl groups is 4. The average Bonchev–Trinajstić information content (AvgIpc) is 3.67. The van der Waals surface area contributed by atoms with Gasteiger partial charge in [0.2, 0.25) is 0 Å². The summed E-state index contributed by atoms with van der Waals surface area (Å²) in [5, 5.41) is 74.2. The number of carbonyl (C=O) groups excluding carboxylic acids is 2. The van der Waals surface area contributed by atoms with Gasteiger partial charge in [-0.15, -0.1) is 0 Å². The van der Waals surface area contributed by atoms with E-state index in [2.05, 4.69) is 10.4 Å². The lowest BCUT2D eigenvalue weighted by Crippen LogP contribution is -2.61. The lowest BCUT2D eigenvalue weighted by molar-refractivity contribution is -0.298. The second-order valence-electron chi connectivity index (χ2n) is 11.8. The van der Waals surface area contributed by atoms with Gasteiger partial charge in [-0.25, -0.2) is 10.4 Å². The third-order valence-electron chi connectivity index (χ3n) is 8.95. The van der Waals surface area contributed by atoms with E-state index in [1.54, 1.807) is 18.2 Å². The number of fused-ring (bicyclic) bond motifs is 10. The summed E-state index contributed by atoms with van der Waals surface area (Å²) in [4.78, 5) is 37.8. The molecular formula is C33H28N4O11. The van der Waals surface area contributed by atoms with E-state index in [4.69, 9.17) is 9.57 Å². The number of carbonyl (C=O) groups is 2. The van der Waals surface area contributed by atoms with Crippen molar-refractivity contribution in [3.63, 3.8) is 0 Å². The van der Waals surface area contributed by atoms with Crippen LogP contribution in [-0.2, 0) is 11.3 Å². The summed E-state index contributed by atoms with van der Waals surface area (Å²) in [6, 6.07) is 15.0. The number of hydrazine groups is 1. The van der Waals surface area contributed by atoms with Gasteiger partial charge in [0, 0.05) is 40.2 Å². The standard InChI is InChI=1S/C33H28N4O11/c38-12-21-28(42)29(43)30(44)33(47-21)48-37-20-10-16(41)6-8-18(20)23-25-24(22-17-7-5-15(40)9-19(17)35-26(22)27(23)37)31(45)36(32(25)46)34-11-13-1-3-14(39)4-2-13/h1-10,21,28-30,33-35,38-44H,11-12H2/t21-,28-,29+,30-,33+/m1/s1. The molecule has 15 heteroatoms. The van der Waals surface area contributed by atoms with Crippen molar-refractivity contribution in [3.8, 4) is 17.2 Å². The Morgan fingerprint density at radius 2 is 1.44 bits per heavy atom. The van der Waals surface area contributed by atoms with Crippen LogP contribution in [0.15, 0.2) is 60.7 Å². The van der Waals surface area contributed by atoms with Gasteiger partial charge in [0.1, 0.15) is 47.2 Å². The lowest BCUT2D eigenvalue weighted by Gasteiger charge is -2.39. The maximum absolute atomic E-state index is 14.3. The molecule has 2 amide bonds. The first-order chi connectivity index (χ1) is 23.1. The van der Waals surface area contributed by atoms with Crippen LogP contribution >= 0.6 is 0 Å². The van der Waals surface area contributed by atoms with E-state index in [0.717, 1.165) is 5.01 Å². The molecule has 2 aliphatic heterocycles. The SMILES string of the molecule is O=C1c2c(c3c4ccc(O)cc4n(O[C@@H]4O[C@H](CO)[C@@H](O)[C@H](O)[C@H]4O)c3c3[nH]c4cc(O)ccc4c23)C(=O)N1NCc1ccc(O)cc1. The van der Waals surface area contributed by atoms with Crippen LogP contribution in [0.2, 0.25) is 0 Å². The molecule has 246 valence electrons. The van der Waals surface area contributed by atoms with Crippen LogP contribution in [0.3, 0.4) is 0 Å². The summed E-state index contributed by atoms with van der Waals surface area (Å²) in [5.74, 6) is -1.52. The number of H-pyrrole nitrogens is 1. The van der Waals surface area contributed by atoms with Gasteiger partial charge in [0.15, 0.2) is 0 Å². The van der Waals surface area contributed by atoms with Crippen LogP contribution < -0.4 is 10.3 Å². The van der Waals surface area contributed by atoms with E-state index in [1.807, 2.05) is 0 Å². The van der Waals surface area contributed by atoms with E-state index >= 15 is 0 Å². The number of aromatic amines is 1. The molecule has 1 saturated heterocycles. The Balaban J connectivity index is 1.39.